The molecule has 0 radical (unpaired) electrons. The molecule has 1 aromatic rings. The SMILES string of the molecule is CC(C)(C)C(=O)ON1CCC(CCCC(=O)c2ccncc2)CC1. The molecule has 0 saturated carbocycles. The van der Waals surface area contributed by atoms with Crippen molar-refractivity contribution in [2.45, 2.75) is 52.9 Å². The van der Waals surface area contributed by atoms with Crippen LogP contribution in [-0.4, -0.2) is 34.9 Å². The zero-order valence-corrected chi connectivity index (χ0v) is 15.0. The van der Waals surface area contributed by atoms with E-state index in [-0.39, 0.29) is 11.8 Å². The van der Waals surface area contributed by atoms with Crippen LogP contribution < -0.4 is 0 Å². The summed E-state index contributed by atoms with van der Waals surface area (Å²) in [5.41, 5.74) is 0.276. The van der Waals surface area contributed by atoms with E-state index in [0.29, 0.717) is 12.3 Å². The summed E-state index contributed by atoms with van der Waals surface area (Å²) >= 11 is 0. The Morgan fingerprint density at radius 2 is 1.83 bits per heavy atom. The Balaban J connectivity index is 1.65. The largest absolute Gasteiger partial charge is 0.367 e. The van der Waals surface area contributed by atoms with E-state index in [4.69, 9.17) is 4.84 Å². The second-order valence-corrected chi connectivity index (χ2v) is 7.55. The molecule has 2 rings (SSSR count). The highest BCUT2D eigenvalue weighted by Crippen LogP contribution is 2.25. The fraction of sp³-hybridized carbons (Fsp3) is 0.632. The van der Waals surface area contributed by atoms with E-state index in [1.54, 1.807) is 29.6 Å². The van der Waals surface area contributed by atoms with Crippen LogP contribution in [0.4, 0.5) is 0 Å². The van der Waals surface area contributed by atoms with Gasteiger partial charge in [0.2, 0.25) is 0 Å². The van der Waals surface area contributed by atoms with E-state index in [1.165, 1.54) is 0 Å². The van der Waals surface area contributed by atoms with Gasteiger partial charge in [-0.3, -0.25) is 9.78 Å². The molecule has 0 unspecified atom stereocenters. The highest BCUT2D eigenvalue weighted by Gasteiger charge is 2.28. The summed E-state index contributed by atoms with van der Waals surface area (Å²) in [6.07, 6.45) is 7.89. The van der Waals surface area contributed by atoms with Gasteiger partial charge in [-0.2, -0.15) is 0 Å². The van der Waals surface area contributed by atoms with Gasteiger partial charge in [-0.05, 0) is 64.5 Å². The first kappa shape index (κ1) is 18.6. The number of Topliss-reactive ketones (excluding diaryl/α,β-unsaturated/α-hetero) is 1. The van der Waals surface area contributed by atoms with E-state index in [0.717, 1.165) is 44.3 Å². The summed E-state index contributed by atoms with van der Waals surface area (Å²) in [7, 11) is 0. The van der Waals surface area contributed by atoms with E-state index in [1.807, 2.05) is 20.8 Å². The highest BCUT2D eigenvalue weighted by atomic mass is 16.7. The van der Waals surface area contributed by atoms with Crippen molar-refractivity contribution in [2.24, 2.45) is 11.3 Å². The summed E-state index contributed by atoms with van der Waals surface area (Å²) in [4.78, 5) is 33.3. The molecule has 1 aromatic heterocycles. The number of hydroxylamine groups is 2. The lowest BCUT2D eigenvalue weighted by molar-refractivity contribution is -0.206. The van der Waals surface area contributed by atoms with Crippen LogP contribution in [0.2, 0.25) is 0 Å². The van der Waals surface area contributed by atoms with E-state index in [2.05, 4.69) is 4.98 Å². The van der Waals surface area contributed by atoms with Crippen molar-refractivity contribution < 1.29 is 14.4 Å². The molecular formula is C19H28N2O3. The number of carbonyl (C=O) groups excluding carboxylic acids is 2. The fourth-order valence-corrected chi connectivity index (χ4v) is 2.78. The Bertz CT molecular complexity index is 543. The van der Waals surface area contributed by atoms with Crippen LogP contribution in [0, 0.1) is 11.3 Å². The number of aromatic nitrogens is 1. The van der Waals surface area contributed by atoms with Crippen molar-refractivity contribution in [2.75, 3.05) is 13.1 Å². The van der Waals surface area contributed by atoms with Crippen molar-refractivity contribution in [1.82, 2.24) is 10.0 Å². The molecule has 0 aliphatic carbocycles. The van der Waals surface area contributed by atoms with Gasteiger partial charge in [0, 0.05) is 37.5 Å². The molecule has 2 heterocycles. The minimum Gasteiger partial charge on any atom is -0.367 e. The number of hydrogen-bond donors (Lipinski definition) is 0. The molecule has 5 nitrogen and oxygen atoms in total. The monoisotopic (exact) mass is 332 g/mol. The predicted octanol–water partition coefficient (Wildman–Crippen LogP) is 3.65. The molecule has 1 fully saturated rings. The maximum Gasteiger partial charge on any atom is 0.330 e. The van der Waals surface area contributed by atoms with Crippen molar-refractivity contribution in [3.05, 3.63) is 30.1 Å². The maximum atomic E-state index is 12.1. The second kappa shape index (κ2) is 8.38. The zero-order valence-electron chi connectivity index (χ0n) is 15.0. The lowest BCUT2D eigenvalue weighted by Gasteiger charge is -2.32. The Kier molecular flexibility index (Phi) is 6.49. The standard InChI is InChI=1S/C19H28N2O3/c1-19(2,3)18(23)24-21-13-9-15(10-14-21)5-4-6-17(22)16-7-11-20-12-8-16/h7-8,11-12,15H,4-6,9-10,13-14H2,1-3H3. The highest BCUT2D eigenvalue weighted by molar-refractivity contribution is 5.95. The normalized spacial score (nSPS) is 16.8. The van der Waals surface area contributed by atoms with Gasteiger partial charge in [0.25, 0.3) is 0 Å². The van der Waals surface area contributed by atoms with Crippen LogP contribution in [-0.2, 0) is 9.63 Å². The Labute approximate surface area is 144 Å². The predicted molar refractivity (Wildman–Crippen MR) is 92.3 cm³/mol. The summed E-state index contributed by atoms with van der Waals surface area (Å²) in [6, 6.07) is 3.54. The van der Waals surface area contributed by atoms with Crippen molar-refractivity contribution >= 4 is 11.8 Å². The number of hydrogen-bond acceptors (Lipinski definition) is 5. The second-order valence-electron chi connectivity index (χ2n) is 7.55. The molecule has 0 atom stereocenters. The van der Waals surface area contributed by atoms with E-state index < -0.39 is 5.41 Å². The molecule has 0 aromatic carbocycles. The van der Waals surface area contributed by atoms with E-state index >= 15 is 0 Å². The van der Waals surface area contributed by atoms with Gasteiger partial charge in [-0.25, -0.2) is 4.79 Å². The average molecular weight is 332 g/mol. The molecule has 132 valence electrons. The molecule has 5 heteroatoms. The first-order chi connectivity index (χ1) is 11.4. The summed E-state index contributed by atoms with van der Waals surface area (Å²) in [5, 5.41) is 1.78. The minimum atomic E-state index is -0.468. The van der Waals surface area contributed by atoms with Crippen LogP contribution in [0.15, 0.2) is 24.5 Å². The summed E-state index contributed by atoms with van der Waals surface area (Å²) < 4.78 is 0. The van der Waals surface area contributed by atoms with Crippen molar-refractivity contribution in [3.8, 4) is 0 Å². The van der Waals surface area contributed by atoms with Crippen molar-refractivity contribution in [3.63, 3.8) is 0 Å². The Hall–Kier alpha value is -1.75. The number of piperidine rings is 1. The smallest absolute Gasteiger partial charge is 0.330 e. The minimum absolute atomic E-state index is 0.177. The van der Waals surface area contributed by atoms with Gasteiger partial charge in [0.15, 0.2) is 5.78 Å². The van der Waals surface area contributed by atoms with Crippen LogP contribution in [0.1, 0.15) is 63.2 Å². The topological polar surface area (TPSA) is 59.5 Å². The molecule has 1 saturated heterocycles. The molecule has 0 spiro atoms. The van der Waals surface area contributed by atoms with Gasteiger partial charge in [-0.15, -0.1) is 5.06 Å². The Morgan fingerprint density at radius 3 is 2.42 bits per heavy atom. The molecule has 0 N–H and O–H groups in total. The molecular weight excluding hydrogens is 304 g/mol. The molecule has 1 aliphatic rings. The van der Waals surface area contributed by atoms with Crippen LogP contribution >= 0.6 is 0 Å². The van der Waals surface area contributed by atoms with Gasteiger partial charge < -0.3 is 4.84 Å². The van der Waals surface area contributed by atoms with Gasteiger partial charge in [0.05, 0.1) is 5.41 Å². The summed E-state index contributed by atoms with van der Waals surface area (Å²) in [6.45, 7) is 7.15. The maximum absolute atomic E-state index is 12.1. The Morgan fingerprint density at radius 1 is 1.21 bits per heavy atom. The number of carbonyl (C=O) groups is 2. The average Bonchev–Trinajstić information content (AvgIpc) is 2.56. The number of pyridine rings is 1. The molecule has 1 aliphatic heterocycles. The molecule has 24 heavy (non-hydrogen) atoms. The number of nitrogens with zero attached hydrogens (tertiary/aromatic N) is 2. The molecule has 0 bridgehead atoms. The quantitative estimate of drug-likeness (QED) is 0.744. The molecule has 0 amide bonds. The number of rotatable bonds is 6. The first-order valence-corrected chi connectivity index (χ1v) is 8.77. The van der Waals surface area contributed by atoms with Gasteiger partial charge in [-0.1, -0.05) is 0 Å². The zero-order chi connectivity index (χ0) is 17.6. The third-order valence-corrected chi connectivity index (χ3v) is 4.42. The van der Waals surface area contributed by atoms with Crippen LogP contribution in [0.5, 0.6) is 0 Å². The van der Waals surface area contributed by atoms with Gasteiger partial charge >= 0.3 is 5.97 Å². The van der Waals surface area contributed by atoms with Crippen molar-refractivity contribution in [1.29, 1.82) is 0 Å². The summed E-state index contributed by atoms with van der Waals surface area (Å²) in [5.74, 6) is 0.623. The lowest BCUT2D eigenvalue weighted by atomic mass is 9.91. The first-order valence-electron chi connectivity index (χ1n) is 8.77. The third-order valence-electron chi connectivity index (χ3n) is 4.42. The van der Waals surface area contributed by atoms with Crippen LogP contribution in [0.25, 0.3) is 0 Å². The lowest BCUT2D eigenvalue weighted by Crippen LogP contribution is -2.38. The van der Waals surface area contributed by atoms with E-state index in [9.17, 15) is 9.59 Å². The van der Waals surface area contributed by atoms with Gasteiger partial charge in [0.1, 0.15) is 0 Å². The number of ketones is 1. The third kappa shape index (κ3) is 5.71. The van der Waals surface area contributed by atoms with Crippen LogP contribution in [0.3, 0.4) is 0 Å². The fourth-order valence-electron chi connectivity index (χ4n) is 2.78.